The van der Waals surface area contributed by atoms with Gasteiger partial charge in [-0.2, -0.15) is 13.6 Å². The molecule has 4 aromatic rings. The van der Waals surface area contributed by atoms with Crippen LogP contribution in [-0.4, -0.2) is 124 Å². The number of phosphoric ester groups is 2. The van der Waals surface area contributed by atoms with Crippen molar-refractivity contribution in [2.75, 3.05) is 24.7 Å². The topological polar surface area (TPSA) is 407 Å². The Morgan fingerprint density at radius 3 is 1.78 bits per heavy atom. The molecule has 7 unspecified atom stereocenters. The zero-order valence-electron chi connectivity index (χ0n) is 24.6. The highest BCUT2D eigenvalue weighted by atomic mass is 31.3. The van der Waals surface area contributed by atoms with Crippen molar-refractivity contribution in [1.29, 1.82) is 0 Å². The van der Waals surface area contributed by atoms with Crippen LogP contribution in [0.5, 0.6) is 0 Å². The van der Waals surface area contributed by atoms with Gasteiger partial charge in [-0.25, -0.2) is 33.6 Å². The molecule has 50 heavy (non-hydrogen) atoms. The largest absolute Gasteiger partial charge is 0.490 e. The predicted octanol–water partition coefficient (Wildman–Crippen LogP) is -3.27. The molecule has 6 heterocycles. The normalized spacial score (nSPS) is 30.8. The van der Waals surface area contributed by atoms with Crippen LogP contribution in [0.4, 0.5) is 11.8 Å². The fourth-order valence-electron chi connectivity index (χ4n) is 5.04. The number of rotatable bonds is 12. The first kappa shape index (κ1) is 36.5. The number of nitrogen functional groups attached to an aromatic ring is 2. The summed E-state index contributed by atoms with van der Waals surface area (Å²) in [5.74, 6) is -0.295. The van der Waals surface area contributed by atoms with Crippen LogP contribution in [0.15, 0.2) is 23.8 Å². The van der Waals surface area contributed by atoms with Crippen molar-refractivity contribution in [2.45, 2.75) is 49.1 Å². The lowest BCUT2D eigenvalue weighted by Crippen LogP contribution is -2.33. The first-order valence-corrected chi connectivity index (χ1v) is 18.2. The molecule has 2 fully saturated rings. The van der Waals surface area contributed by atoms with Crippen molar-refractivity contribution in [3.63, 3.8) is 0 Å². The molecule has 0 aromatic carbocycles. The summed E-state index contributed by atoms with van der Waals surface area (Å²) in [6, 6.07) is 0. The average molecular weight is 772 g/mol. The van der Waals surface area contributed by atoms with Gasteiger partial charge in [0.25, 0.3) is 5.56 Å². The second-order valence-electron chi connectivity index (χ2n) is 10.6. The molecule has 274 valence electrons. The van der Waals surface area contributed by atoms with Crippen molar-refractivity contribution >= 4 is 57.6 Å². The Morgan fingerprint density at radius 1 is 0.740 bits per heavy atom. The average Bonchev–Trinajstić information content (AvgIpc) is 3.76. The van der Waals surface area contributed by atoms with E-state index in [2.05, 4.69) is 47.6 Å². The zero-order valence-corrected chi connectivity index (χ0v) is 27.3. The quantitative estimate of drug-likeness (QED) is 0.0631. The molecule has 0 amide bonds. The number of hydrogen-bond acceptors (Lipinski definition) is 21. The van der Waals surface area contributed by atoms with Crippen LogP contribution in [0.3, 0.4) is 0 Å². The Labute approximate surface area is 275 Å². The molecule has 4 aromatic heterocycles. The van der Waals surface area contributed by atoms with Gasteiger partial charge in [-0.15, -0.1) is 0 Å². The lowest BCUT2D eigenvalue weighted by atomic mass is 10.1. The minimum Gasteiger partial charge on any atom is -0.387 e. The first-order valence-electron chi connectivity index (χ1n) is 13.7. The maximum absolute atomic E-state index is 12.4. The Morgan fingerprint density at radius 2 is 1.24 bits per heavy atom. The van der Waals surface area contributed by atoms with E-state index in [0.717, 1.165) is 17.2 Å². The van der Waals surface area contributed by atoms with Gasteiger partial charge in [0.15, 0.2) is 35.1 Å². The highest BCUT2D eigenvalue weighted by molar-refractivity contribution is 7.66. The molecule has 12 N–H and O–H groups in total. The molecule has 30 heteroatoms. The standard InChI is InChI=1S/C20H27N10O17P3/c21-14-8-15(24-3-23-14)29(4-25-8)18-12(33)10(31)6(44-18)1-42-48(36,37)46-50(40,41)47-49(38,39)43-2-7-11(32)13(34)19(45-7)30-5-26-9-16(30)27-20(22)28-17(9)35/h3-7,10-13,18-19,31-34H,1-2H2,(H,36,37)(H,38,39)(H,40,41)(H2,21,23,24)(H3,22,27,28,35)/t6-,7-,10?,11?,12?,13?,18-,19-/m1/s1. The summed E-state index contributed by atoms with van der Waals surface area (Å²) in [7, 11) is -17.3. The van der Waals surface area contributed by atoms with Gasteiger partial charge in [-0.1, -0.05) is 0 Å². The van der Waals surface area contributed by atoms with Crippen LogP contribution in [0, 0.1) is 0 Å². The molecule has 0 aliphatic carbocycles. The number of aromatic amines is 1. The van der Waals surface area contributed by atoms with Crippen LogP contribution >= 0.6 is 23.5 Å². The first-order chi connectivity index (χ1) is 23.4. The third kappa shape index (κ3) is 7.21. The molecule has 2 saturated heterocycles. The number of aliphatic hydroxyl groups excluding tert-OH is 4. The number of nitrogens with two attached hydrogens (primary N) is 2. The van der Waals surface area contributed by atoms with Crippen LogP contribution < -0.4 is 17.0 Å². The summed E-state index contributed by atoms with van der Waals surface area (Å²) in [6.07, 6.45) is -9.66. The maximum atomic E-state index is 12.4. The van der Waals surface area contributed by atoms with Crippen molar-refractivity contribution in [2.24, 2.45) is 0 Å². The minimum atomic E-state index is -5.97. The van der Waals surface area contributed by atoms with E-state index in [1.165, 1.54) is 10.9 Å². The monoisotopic (exact) mass is 772 g/mol. The molecule has 0 bridgehead atoms. The van der Waals surface area contributed by atoms with Gasteiger partial charge < -0.3 is 56.0 Å². The Hall–Kier alpha value is -3.33. The van der Waals surface area contributed by atoms with Crippen LogP contribution in [-0.2, 0) is 40.8 Å². The SMILES string of the molecule is Nc1nc2c(ncn2[C@@H]2O[C@H](COP(=O)(O)OP(=O)(O)OP(=O)(O)OC[C@H]3O[C@@H](n4cnc5c(N)ncnc54)C(O)C3O)C(O)C2O)c(=O)[nH]1. The van der Waals surface area contributed by atoms with E-state index in [4.69, 9.17) is 20.9 Å². The molecule has 0 saturated carbocycles. The molecule has 6 rings (SSSR count). The summed E-state index contributed by atoms with van der Waals surface area (Å²) in [6.45, 7) is -2.12. The molecular formula is C20H27N10O17P3. The predicted molar refractivity (Wildman–Crippen MR) is 158 cm³/mol. The second kappa shape index (κ2) is 13.3. The van der Waals surface area contributed by atoms with E-state index in [1.807, 2.05) is 0 Å². The maximum Gasteiger partial charge on any atom is 0.490 e. The van der Waals surface area contributed by atoms with E-state index in [-0.39, 0.29) is 34.1 Å². The van der Waals surface area contributed by atoms with Gasteiger partial charge in [0.05, 0.1) is 25.9 Å². The number of nitrogens with one attached hydrogen (secondary N) is 1. The number of nitrogens with zero attached hydrogens (tertiary/aromatic N) is 7. The van der Waals surface area contributed by atoms with Crippen LogP contribution in [0.2, 0.25) is 0 Å². The summed E-state index contributed by atoms with van der Waals surface area (Å²) in [5.41, 5.74) is 10.5. The number of phosphoric acid groups is 3. The highest BCUT2D eigenvalue weighted by Crippen LogP contribution is 2.67. The fourth-order valence-corrected chi connectivity index (χ4v) is 8.56. The fraction of sp³-hybridized carbons (Fsp3) is 0.500. The number of ether oxygens (including phenoxy) is 2. The number of anilines is 2. The molecule has 0 radical (unpaired) electrons. The van der Waals surface area contributed by atoms with Crippen molar-refractivity contribution in [3.05, 3.63) is 29.3 Å². The lowest BCUT2D eigenvalue weighted by Gasteiger charge is -2.21. The van der Waals surface area contributed by atoms with Gasteiger partial charge in [-0.3, -0.25) is 28.0 Å². The van der Waals surface area contributed by atoms with Gasteiger partial charge in [0, 0.05) is 0 Å². The zero-order chi connectivity index (χ0) is 36.3. The van der Waals surface area contributed by atoms with Gasteiger partial charge in [0.2, 0.25) is 5.95 Å². The number of hydrogen-bond donors (Lipinski definition) is 10. The molecule has 27 nitrogen and oxygen atoms in total. The van der Waals surface area contributed by atoms with Crippen molar-refractivity contribution in [1.82, 2.24) is 39.0 Å². The molecule has 0 spiro atoms. The Kier molecular flexibility index (Phi) is 9.72. The second-order valence-corrected chi connectivity index (χ2v) is 15.2. The summed E-state index contributed by atoms with van der Waals surface area (Å²) < 4.78 is 67.7. The van der Waals surface area contributed by atoms with Crippen LogP contribution in [0.1, 0.15) is 12.5 Å². The van der Waals surface area contributed by atoms with Crippen LogP contribution in [0.25, 0.3) is 22.3 Å². The number of H-pyrrole nitrogens is 1. The van der Waals surface area contributed by atoms with E-state index in [0.29, 0.717) is 0 Å². The number of fused-ring (bicyclic) bond motifs is 2. The highest BCUT2D eigenvalue weighted by Gasteiger charge is 2.49. The third-order valence-corrected chi connectivity index (χ3v) is 11.5. The van der Waals surface area contributed by atoms with Gasteiger partial charge >= 0.3 is 23.5 Å². The minimum absolute atomic E-state index is 0.00803. The lowest BCUT2D eigenvalue weighted by molar-refractivity contribution is -0.0510. The van der Waals surface area contributed by atoms with Crippen molar-refractivity contribution < 1.29 is 75.9 Å². The van der Waals surface area contributed by atoms with Gasteiger partial charge in [0.1, 0.15) is 48.5 Å². The smallest absolute Gasteiger partial charge is 0.387 e. The third-order valence-electron chi connectivity index (χ3n) is 7.28. The van der Waals surface area contributed by atoms with E-state index in [1.54, 1.807) is 0 Å². The Bertz CT molecular complexity index is 2110. The number of imidazole rings is 2. The molecule has 11 atom stereocenters. The van der Waals surface area contributed by atoms with E-state index >= 15 is 0 Å². The van der Waals surface area contributed by atoms with E-state index < -0.39 is 91.3 Å². The summed E-state index contributed by atoms with van der Waals surface area (Å²) in [5, 5.41) is 41.8. The van der Waals surface area contributed by atoms with E-state index in [9.17, 15) is 53.6 Å². The Balaban J connectivity index is 1.03. The number of aromatic nitrogens is 8. The molecular weight excluding hydrogens is 745 g/mol. The van der Waals surface area contributed by atoms with Gasteiger partial charge in [-0.05, 0) is 0 Å². The van der Waals surface area contributed by atoms with Crippen molar-refractivity contribution in [3.8, 4) is 0 Å². The number of aliphatic hydroxyl groups is 4. The molecule has 2 aliphatic heterocycles. The summed E-state index contributed by atoms with van der Waals surface area (Å²) in [4.78, 5) is 63.6. The molecule has 2 aliphatic rings. The summed E-state index contributed by atoms with van der Waals surface area (Å²) >= 11 is 0.